The topological polar surface area (TPSA) is 29.5 Å². The second kappa shape index (κ2) is 5.17. The van der Waals surface area contributed by atoms with Crippen LogP contribution in [0.5, 0.6) is 0 Å². The average Bonchev–Trinajstić information content (AvgIpc) is 2.89. The Bertz CT molecular complexity index is 471. The molecule has 2 fully saturated rings. The van der Waals surface area contributed by atoms with E-state index in [4.69, 9.17) is 4.74 Å². The Kier molecular flexibility index (Phi) is 3.38. The van der Waals surface area contributed by atoms with Gasteiger partial charge in [-0.1, -0.05) is 36.4 Å². The lowest BCUT2D eigenvalue weighted by molar-refractivity contribution is -0.147. The number of allylic oxidation sites excluding steroid dienone is 1. The van der Waals surface area contributed by atoms with Crippen LogP contribution in [0.3, 0.4) is 0 Å². The van der Waals surface area contributed by atoms with Crippen molar-refractivity contribution >= 4 is 5.91 Å². The van der Waals surface area contributed by atoms with Gasteiger partial charge in [-0.05, 0) is 18.4 Å². The van der Waals surface area contributed by atoms with Crippen molar-refractivity contribution in [1.82, 2.24) is 4.90 Å². The molecule has 0 unspecified atom stereocenters. The minimum atomic E-state index is -0.0653. The van der Waals surface area contributed by atoms with Crippen molar-refractivity contribution in [3.63, 3.8) is 0 Å². The highest BCUT2D eigenvalue weighted by Crippen LogP contribution is 2.39. The van der Waals surface area contributed by atoms with E-state index in [1.165, 1.54) is 0 Å². The molecule has 2 aliphatic heterocycles. The second-order valence-corrected chi connectivity index (χ2v) is 5.27. The maximum absolute atomic E-state index is 12.2. The molecule has 19 heavy (non-hydrogen) atoms. The Balaban J connectivity index is 1.86. The molecule has 0 spiro atoms. The Morgan fingerprint density at radius 2 is 2.16 bits per heavy atom. The monoisotopic (exact) mass is 257 g/mol. The number of benzene rings is 1. The zero-order valence-electron chi connectivity index (χ0n) is 11.0. The third kappa shape index (κ3) is 2.19. The van der Waals surface area contributed by atoms with Gasteiger partial charge in [-0.3, -0.25) is 4.79 Å². The minimum Gasteiger partial charge on any atom is -0.355 e. The Morgan fingerprint density at radius 1 is 1.37 bits per heavy atom. The first-order valence-corrected chi connectivity index (χ1v) is 6.90. The smallest absolute Gasteiger partial charge is 0.225 e. The fourth-order valence-electron chi connectivity index (χ4n) is 3.17. The first-order chi connectivity index (χ1) is 9.31. The number of fused-ring (bicyclic) bond motifs is 1. The second-order valence-electron chi connectivity index (χ2n) is 5.27. The predicted octanol–water partition coefficient (Wildman–Crippen LogP) is 2.90. The number of piperidine rings is 1. The van der Waals surface area contributed by atoms with Crippen molar-refractivity contribution in [2.75, 3.05) is 6.61 Å². The highest BCUT2D eigenvalue weighted by molar-refractivity contribution is 5.78. The first-order valence-electron chi connectivity index (χ1n) is 6.90. The van der Waals surface area contributed by atoms with Gasteiger partial charge in [0.15, 0.2) is 0 Å². The molecule has 100 valence electrons. The number of ether oxygens (including phenoxy) is 1. The number of carbonyl (C=O) groups excluding carboxylic acids is 1. The zero-order chi connectivity index (χ0) is 13.2. The molecule has 2 saturated heterocycles. The highest BCUT2D eigenvalue weighted by Gasteiger charge is 2.45. The third-order valence-corrected chi connectivity index (χ3v) is 4.11. The van der Waals surface area contributed by atoms with Gasteiger partial charge in [0.05, 0.1) is 12.6 Å². The lowest BCUT2D eigenvalue weighted by Crippen LogP contribution is -2.46. The summed E-state index contributed by atoms with van der Waals surface area (Å²) in [5.74, 6) is 0.612. The van der Waals surface area contributed by atoms with Crippen molar-refractivity contribution in [2.24, 2.45) is 5.92 Å². The summed E-state index contributed by atoms with van der Waals surface area (Å²) in [4.78, 5) is 14.2. The standard InChI is InChI=1S/C16H19NO2/c1-2-6-13-9-10-15(18)17-14(11-19-16(13)17)12-7-4-3-5-8-12/h2-5,7-8,13-14,16H,1,6,9-11H2/t13-,14-,16+/m0/s1. The summed E-state index contributed by atoms with van der Waals surface area (Å²) in [7, 11) is 0. The van der Waals surface area contributed by atoms with E-state index in [1.54, 1.807) is 0 Å². The van der Waals surface area contributed by atoms with Gasteiger partial charge >= 0.3 is 0 Å². The van der Waals surface area contributed by atoms with E-state index in [-0.39, 0.29) is 18.2 Å². The van der Waals surface area contributed by atoms with Gasteiger partial charge in [-0.25, -0.2) is 0 Å². The van der Waals surface area contributed by atoms with Gasteiger partial charge in [0.25, 0.3) is 0 Å². The molecule has 3 atom stereocenters. The highest BCUT2D eigenvalue weighted by atomic mass is 16.5. The van der Waals surface area contributed by atoms with Crippen LogP contribution in [-0.4, -0.2) is 23.6 Å². The summed E-state index contributed by atoms with van der Waals surface area (Å²) in [5, 5.41) is 0. The minimum absolute atomic E-state index is 0.0653. The molecule has 0 aliphatic carbocycles. The largest absolute Gasteiger partial charge is 0.355 e. The summed E-state index contributed by atoms with van der Waals surface area (Å²) >= 11 is 0. The van der Waals surface area contributed by atoms with Gasteiger partial charge in [0.2, 0.25) is 5.91 Å². The number of nitrogens with zero attached hydrogens (tertiary/aromatic N) is 1. The van der Waals surface area contributed by atoms with Crippen LogP contribution in [0, 0.1) is 5.92 Å². The van der Waals surface area contributed by atoms with Crippen LogP contribution in [0.1, 0.15) is 30.9 Å². The maximum atomic E-state index is 12.2. The van der Waals surface area contributed by atoms with Crippen molar-refractivity contribution < 1.29 is 9.53 Å². The summed E-state index contributed by atoms with van der Waals surface area (Å²) in [6.07, 6.45) is 4.31. The average molecular weight is 257 g/mol. The molecule has 3 rings (SSSR count). The van der Waals surface area contributed by atoms with Gasteiger partial charge < -0.3 is 9.64 Å². The van der Waals surface area contributed by atoms with Crippen molar-refractivity contribution in [1.29, 1.82) is 0 Å². The van der Waals surface area contributed by atoms with E-state index >= 15 is 0 Å². The Hall–Kier alpha value is -1.61. The van der Waals surface area contributed by atoms with E-state index < -0.39 is 0 Å². The van der Waals surface area contributed by atoms with Crippen molar-refractivity contribution in [3.8, 4) is 0 Å². The lowest BCUT2D eigenvalue weighted by atomic mass is 9.91. The number of hydrogen-bond donors (Lipinski definition) is 0. The van der Waals surface area contributed by atoms with Crippen LogP contribution in [0.2, 0.25) is 0 Å². The van der Waals surface area contributed by atoms with Gasteiger partial charge in [-0.2, -0.15) is 0 Å². The fraction of sp³-hybridized carbons (Fsp3) is 0.438. The third-order valence-electron chi connectivity index (χ3n) is 4.11. The molecule has 3 heteroatoms. The summed E-state index contributed by atoms with van der Waals surface area (Å²) < 4.78 is 5.92. The number of hydrogen-bond acceptors (Lipinski definition) is 2. The number of carbonyl (C=O) groups is 1. The van der Waals surface area contributed by atoms with E-state index in [9.17, 15) is 4.79 Å². The quantitative estimate of drug-likeness (QED) is 0.779. The van der Waals surface area contributed by atoms with Crippen LogP contribution in [0.15, 0.2) is 43.0 Å². The van der Waals surface area contributed by atoms with Crippen molar-refractivity contribution in [2.45, 2.75) is 31.5 Å². The van der Waals surface area contributed by atoms with Gasteiger partial charge in [-0.15, -0.1) is 6.58 Å². The molecule has 2 heterocycles. The van der Waals surface area contributed by atoms with Crippen molar-refractivity contribution in [3.05, 3.63) is 48.6 Å². The zero-order valence-corrected chi connectivity index (χ0v) is 11.0. The molecule has 3 nitrogen and oxygen atoms in total. The molecule has 2 aliphatic rings. The molecule has 0 bridgehead atoms. The molecule has 1 aromatic rings. The van der Waals surface area contributed by atoms with E-state index in [1.807, 2.05) is 29.2 Å². The van der Waals surface area contributed by atoms with Crippen LogP contribution in [0.25, 0.3) is 0 Å². The van der Waals surface area contributed by atoms with Gasteiger partial charge in [0, 0.05) is 12.3 Å². The summed E-state index contributed by atoms with van der Waals surface area (Å²) in [5.41, 5.74) is 1.16. The maximum Gasteiger partial charge on any atom is 0.225 e. The molecule has 0 saturated carbocycles. The van der Waals surface area contributed by atoms with E-state index in [2.05, 4.69) is 18.7 Å². The van der Waals surface area contributed by atoms with Crippen LogP contribution < -0.4 is 0 Å². The molecule has 1 aromatic carbocycles. The fourth-order valence-corrected chi connectivity index (χ4v) is 3.17. The Labute approximate surface area is 113 Å². The Morgan fingerprint density at radius 3 is 2.89 bits per heavy atom. The van der Waals surface area contributed by atoms with E-state index in [0.717, 1.165) is 18.4 Å². The molecule has 0 aromatic heterocycles. The number of amides is 1. The molecular weight excluding hydrogens is 238 g/mol. The van der Waals surface area contributed by atoms with Crippen LogP contribution in [0.4, 0.5) is 0 Å². The normalized spacial score (nSPS) is 30.2. The lowest BCUT2D eigenvalue weighted by Gasteiger charge is -2.37. The van der Waals surface area contributed by atoms with Crippen LogP contribution >= 0.6 is 0 Å². The predicted molar refractivity (Wildman–Crippen MR) is 73.3 cm³/mol. The van der Waals surface area contributed by atoms with E-state index in [0.29, 0.717) is 18.9 Å². The summed E-state index contributed by atoms with van der Waals surface area (Å²) in [6, 6.07) is 10.2. The van der Waals surface area contributed by atoms with Gasteiger partial charge in [0.1, 0.15) is 6.23 Å². The molecular formula is C16H19NO2. The van der Waals surface area contributed by atoms with Crippen LogP contribution in [-0.2, 0) is 9.53 Å². The number of rotatable bonds is 3. The summed E-state index contributed by atoms with van der Waals surface area (Å²) in [6.45, 7) is 4.41. The first kappa shape index (κ1) is 12.4. The SMILES string of the molecule is C=CC[C@H]1CCC(=O)N2[C@@H]1OC[C@H]2c1ccccc1. The molecule has 0 radical (unpaired) electrons. The molecule has 0 N–H and O–H groups in total. The molecule has 1 amide bonds.